The third-order valence-electron chi connectivity index (χ3n) is 9.05. The SMILES string of the molecule is CCOC1(CO)OC(c2ccc(Cl)c(Cc3ccc(C)cc3)c2)C(OCc2ccccc2)C(OCc2ccccc2)C1OCc1ccccc1. The van der Waals surface area contributed by atoms with Crippen LogP contribution < -0.4 is 0 Å². The summed E-state index contributed by atoms with van der Waals surface area (Å²) in [6.07, 6.45) is -2.29. The van der Waals surface area contributed by atoms with E-state index in [9.17, 15) is 5.11 Å². The molecular formula is C43H45ClO6. The molecule has 1 saturated heterocycles. The van der Waals surface area contributed by atoms with Crippen LogP contribution in [-0.2, 0) is 49.9 Å². The minimum Gasteiger partial charge on any atom is -0.391 e. The van der Waals surface area contributed by atoms with Gasteiger partial charge in [-0.15, -0.1) is 0 Å². The molecule has 0 aliphatic carbocycles. The number of aliphatic hydroxyl groups excluding tert-OH is 1. The molecule has 1 heterocycles. The first-order chi connectivity index (χ1) is 24.5. The maximum absolute atomic E-state index is 11.2. The molecule has 0 spiro atoms. The minimum atomic E-state index is -1.56. The topological polar surface area (TPSA) is 66.4 Å². The van der Waals surface area contributed by atoms with Crippen LogP contribution in [0.1, 0.15) is 52.0 Å². The van der Waals surface area contributed by atoms with Crippen molar-refractivity contribution in [3.8, 4) is 0 Å². The van der Waals surface area contributed by atoms with Crippen LogP contribution >= 0.6 is 11.6 Å². The van der Waals surface area contributed by atoms with Crippen LogP contribution in [-0.4, -0.2) is 42.4 Å². The van der Waals surface area contributed by atoms with E-state index in [2.05, 4.69) is 37.3 Å². The Hall–Kier alpha value is -3.85. The number of hydrogen-bond donors (Lipinski definition) is 1. The van der Waals surface area contributed by atoms with E-state index in [1.165, 1.54) is 5.56 Å². The van der Waals surface area contributed by atoms with Gasteiger partial charge < -0.3 is 28.8 Å². The monoisotopic (exact) mass is 692 g/mol. The molecule has 0 amide bonds. The van der Waals surface area contributed by atoms with Crippen molar-refractivity contribution in [1.29, 1.82) is 0 Å². The molecule has 1 aliphatic heterocycles. The predicted octanol–water partition coefficient (Wildman–Crippen LogP) is 8.79. The lowest BCUT2D eigenvalue weighted by molar-refractivity contribution is -0.388. The highest BCUT2D eigenvalue weighted by molar-refractivity contribution is 6.31. The number of hydrogen-bond acceptors (Lipinski definition) is 6. The van der Waals surface area contributed by atoms with E-state index >= 15 is 0 Å². The molecular weight excluding hydrogens is 648 g/mol. The molecule has 6 rings (SSSR count). The zero-order valence-electron chi connectivity index (χ0n) is 28.6. The van der Waals surface area contributed by atoms with Gasteiger partial charge in [0.25, 0.3) is 0 Å². The van der Waals surface area contributed by atoms with Crippen LogP contribution in [0.3, 0.4) is 0 Å². The molecule has 0 radical (unpaired) electrons. The van der Waals surface area contributed by atoms with Crippen molar-refractivity contribution >= 4 is 11.6 Å². The van der Waals surface area contributed by atoms with Crippen molar-refractivity contribution in [3.05, 3.63) is 177 Å². The maximum Gasteiger partial charge on any atom is 0.222 e. The molecule has 5 aromatic carbocycles. The largest absolute Gasteiger partial charge is 0.391 e. The second kappa shape index (κ2) is 17.4. The van der Waals surface area contributed by atoms with Gasteiger partial charge in [0.2, 0.25) is 5.79 Å². The van der Waals surface area contributed by atoms with Crippen LogP contribution in [0.25, 0.3) is 0 Å². The molecule has 0 bridgehead atoms. The van der Waals surface area contributed by atoms with Gasteiger partial charge >= 0.3 is 0 Å². The molecule has 5 atom stereocenters. The van der Waals surface area contributed by atoms with Crippen LogP contribution in [0.15, 0.2) is 133 Å². The number of aryl methyl sites for hydroxylation is 1. The first kappa shape index (κ1) is 36.0. The van der Waals surface area contributed by atoms with Crippen molar-refractivity contribution < 1.29 is 28.8 Å². The molecule has 1 fully saturated rings. The minimum absolute atomic E-state index is 0.257. The summed E-state index contributed by atoms with van der Waals surface area (Å²) >= 11 is 6.81. The van der Waals surface area contributed by atoms with Crippen molar-refractivity contribution in [2.45, 2.75) is 70.3 Å². The average Bonchev–Trinajstić information content (AvgIpc) is 3.16. The standard InChI is InChI=1S/C43H45ClO6/c1-3-49-43(30-45)42(48-29-35-17-11-6-12-18-35)41(47-28-34-15-9-5-10-16-34)40(46-27-33-13-7-4-8-14-33)39(50-43)36-23-24-38(44)37(26-36)25-32-21-19-31(2)20-22-32/h4-24,26,39-42,45H,3,25,27-30H2,1-2H3. The maximum atomic E-state index is 11.2. The van der Waals surface area contributed by atoms with Gasteiger partial charge in [-0.2, -0.15) is 0 Å². The highest BCUT2D eigenvalue weighted by atomic mass is 35.5. The van der Waals surface area contributed by atoms with E-state index in [-0.39, 0.29) is 13.2 Å². The van der Waals surface area contributed by atoms with Crippen LogP contribution in [0.2, 0.25) is 5.02 Å². The molecule has 5 aromatic rings. The molecule has 1 N–H and O–H groups in total. The van der Waals surface area contributed by atoms with E-state index < -0.39 is 36.8 Å². The number of aliphatic hydroxyl groups is 1. The van der Waals surface area contributed by atoms with Crippen molar-refractivity contribution in [3.63, 3.8) is 0 Å². The van der Waals surface area contributed by atoms with Crippen LogP contribution in [0, 0.1) is 6.92 Å². The normalized spacial score (nSPS) is 22.0. The van der Waals surface area contributed by atoms with Gasteiger partial charge in [-0.1, -0.05) is 145 Å². The summed E-state index contributed by atoms with van der Waals surface area (Å²) in [6, 6.07) is 44.3. The van der Waals surface area contributed by atoms with E-state index in [1.807, 2.05) is 110 Å². The Balaban J connectivity index is 1.42. The highest BCUT2D eigenvalue weighted by Crippen LogP contribution is 2.44. The number of halogens is 1. The lowest BCUT2D eigenvalue weighted by Gasteiger charge is -2.51. The highest BCUT2D eigenvalue weighted by Gasteiger charge is 2.58. The summed E-state index contributed by atoms with van der Waals surface area (Å²) in [5.41, 5.74) is 7.11. The van der Waals surface area contributed by atoms with Gasteiger partial charge in [-0.3, -0.25) is 0 Å². The van der Waals surface area contributed by atoms with Gasteiger partial charge in [-0.05, 0) is 59.7 Å². The second-order valence-corrected chi connectivity index (χ2v) is 13.1. The fraction of sp³-hybridized carbons (Fsp3) is 0.302. The molecule has 0 saturated carbocycles. The molecule has 6 nitrogen and oxygen atoms in total. The summed E-state index contributed by atoms with van der Waals surface area (Å²) in [6.45, 7) is 4.63. The summed E-state index contributed by atoms with van der Waals surface area (Å²) in [4.78, 5) is 0. The molecule has 50 heavy (non-hydrogen) atoms. The van der Waals surface area contributed by atoms with E-state index in [0.29, 0.717) is 24.7 Å². The van der Waals surface area contributed by atoms with Gasteiger partial charge in [0.05, 0.1) is 19.8 Å². The first-order valence-corrected chi connectivity index (χ1v) is 17.6. The Morgan fingerprint density at radius 1 is 0.660 bits per heavy atom. The Bertz CT molecular complexity index is 1750. The Labute approximate surface area is 300 Å². The van der Waals surface area contributed by atoms with Gasteiger partial charge in [-0.25, -0.2) is 0 Å². The van der Waals surface area contributed by atoms with Crippen molar-refractivity contribution in [2.24, 2.45) is 0 Å². The first-order valence-electron chi connectivity index (χ1n) is 17.2. The van der Waals surface area contributed by atoms with E-state index in [4.69, 9.17) is 35.3 Å². The van der Waals surface area contributed by atoms with Gasteiger partial charge in [0, 0.05) is 11.6 Å². The Morgan fingerprint density at radius 2 is 1.20 bits per heavy atom. The van der Waals surface area contributed by atoms with Crippen molar-refractivity contribution in [2.75, 3.05) is 13.2 Å². The Kier molecular flexibility index (Phi) is 12.5. The van der Waals surface area contributed by atoms with E-state index in [1.54, 1.807) is 0 Å². The van der Waals surface area contributed by atoms with Gasteiger partial charge in [0.15, 0.2) is 0 Å². The lowest BCUT2D eigenvalue weighted by Crippen LogP contribution is -2.66. The molecule has 1 aliphatic rings. The average molecular weight is 693 g/mol. The smallest absolute Gasteiger partial charge is 0.222 e. The van der Waals surface area contributed by atoms with Crippen LogP contribution in [0.4, 0.5) is 0 Å². The Morgan fingerprint density at radius 3 is 1.74 bits per heavy atom. The van der Waals surface area contributed by atoms with E-state index in [0.717, 1.165) is 33.4 Å². The van der Waals surface area contributed by atoms with Crippen LogP contribution in [0.5, 0.6) is 0 Å². The fourth-order valence-electron chi connectivity index (χ4n) is 6.45. The summed E-state index contributed by atoms with van der Waals surface area (Å²) in [5, 5.41) is 11.8. The lowest BCUT2D eigenvalue weighted by atomic mass is 9.87. The fourth-order valence-corrected chi connectivity index (χ4v) is 6.63. The number of ether oxygens (including phenoxy) is 5. The quantitative estimate of drug-likeness (QED) is 0.118. The zero-order valence-corrected chi connectivity index (χ0v) is 29.4. The third kappa shape index (κ3) is 8.89. The summed E-state index contributed by atoms with van der Waals surface area (Å²) in [7, 11) is 0. The molecule has 260 valence electrons. The molecule has 7 heteroatoms. The van der Waals surface area contributed by atoms with Crippen molar-refractivity contribution in [1.82, 2.24) is 0 Å². The number of rotatable bonds is 15. The predicted molar refractivity (Wildman–Crippen MR) is 196 cm³/mol. The second-order valence-electron chi connectivity index (χ2n) is 12.7. The zero-order chi connectivity index (χ0) is 34.8. The summed E-state index contributed by atoms with van der Waals surface area (Å²) < 4.78 is 33.7. The number of benzene rings is 5. The molecule has 0 aromatic heterocycles. The summed E-state index contributed by atoms with van der Waals surface area (Å²) in [5.74, 6) is -1.56. The third-order valence-corrected chi connectivity index (χ3v) is 9.41. The van der Waals surface area contributed by atoms with Gasteiger partial charge in [0.1, 0.15) is 31.0 Å². The molecule has 5 unspecified atom stereocenters.